The smallest absolute Gasteiger partial charge is 0.423 e. The Labute approximate surface area is 225 Å². The zero-order valence-electron chi connectivity index (χ0n) is 19.6. The number of urea groups is 1. The minimum atomic E-state index is -4.35. The summed E-state index contributed by atoms with van der Waals surface area (Å²) in [7, 11) is -4.35. The van der Waals surface area contributed by atoms with E-state index >= 15 is 0 Å². The van der Waals surface area contributed by atoms with Crippen LogP contribution in [0.1, 0.15) is 43.1 Å². The maximum atomic E-state index is 12.8. The normalized spacial score (nSPS) is 12.4. The van der Waals surface area contributed by atoms with Crippen LogP contribution in [0, 0.1) is 11.3 Å². The molecule has 1 N–H and O–H groups in total. The average Bonchev–Trinajstić information content (AvgIpc) is 3.28. The molecule has 2 heterocycles. The van der Waals surface area contributed by atoms with Crippen LogP contribution in [0.5, 0.6) is 0 Å². The van der Waals surface area contributed by atoms with Crippen molar-refractivity contribution >= 4 is 21.7 Å². The Morgan fingerprint density at radius 2 is 1.97 bits per heavy atom. The largest absolute Gasteiger partial charge is 1.00 e. The van der Waals surface area contributed by atoms with E-state index in [1.807, 2.05) is 18.2 Å². The first kappa shape index (κ1) is 26.6. The third-order valence-electron chi connectivity index (χ3n) is 5.67. The monoisotopic (exact) mass is 499 g/mol. The topological polar surface area (TPSA) is 136 Å². The number of carbonyl (C=O) groups excluding carboxylic acids is 1. The number of rotatable bonds is 5. The van der Waals surface area contributed by atoms with E-state index in [0.29, 0.717) is 16.8 Å². The summed E-state index contributed by atoms with van der Waals surface area (Å²) in [6, 6.07) is 10.1. The minimum Gasteiger partial charge on any atom is -0.423 e. The second-order valence-electron chi connectivity index (χ2n) is 8.22. The fourth-order valence-electron chi connectivity index (χ4n) is 4.04. The molecule has 35 heavy (non-hydrogen) atoms. The summed E-state index contributed by atoms with van der Waals surface area (Å²) in [6.45, 7) is 3.49. The number of nitriles is 1. The van der Waals surface area contributed by atoms with E-state index in [9.17, 15) is 23.3 Å². The second-order valence-corrected chi connectivity index (χ2v) is 9.83. The molecule has 0 saturated carbocycles. The molecule has 11 heteroatoms. The molecule has 174 valence electrons. The zero-order chi connectivity index (χ0) is 24.5. The molecular weight excluding hydrogens is 477 g/mol. The van der Waals surface area contributed by atoms with Crippen molar-refractivity contribution in [2.24, 2.45) is 0 Å². The van der Waals surface area contributed by atoms with Crippen molar-refractivity contribution in [2.45, 2.75) is 44.0 Å². The molecule has 2 amide bonds. The van der Waals surface area contributed by atoms with Crippen molar-refractivity contribution < 1.29 is 42.8 Å². The van der Waals surface area contributed by atoms with Crippen LogP contribution >= 0.6 is 0 Å². The van der Waals surface area contributed by atoms with Crippen molar-refractivity contribution in [3.8, 4) is 17.2 Å². The maximum Gasteiger partial charge on any atom is 1.00 e. The van der Waals surface area contributed by atoms with Gasteiger partial charge in [-0.1, -0.05) is 12.1 Å². The van der Waals surface area contributed by atoms with Gasteiger partial charge in [0.1, 0.15) is 11.8 Å². The molecule has 9 nitrogen and oxygen atoms in total. The third-order valence-corrected chi connectivity index (χ3v) is 6.91. The first-order valence-corrected chi connectivity index (χ1v) is 12.2. The van der Waals surface area contributed by atoms with Crippen molar-refractivity contribution in [2.75, 3.05) is 5.32 Å². The van der Waals surface area contributed by atoms with E-state index in [1.165, 1.54) is 17.0 Å². The number of nitrogens with one attached hydrogen (secondary N) is 1. The summed E-state index contributed by atoms with van der Waals surface area (Å²) in [6.07, 6.45) is 5.18. The number of nitrogens with zero attached hydrogens (tertiary/aromatic N) is 4. The SMILES string of the molecule is CC(C)n1cc(S(=O)(=O)[N-]C(=O)Nc2c(-c3ccnc(C#N)c3)ccc3c2CCC3)ccc1=O.[Na+]. The zero-order valence-corrected chi connectivity index (χ0v) is 22.5. The Morgan fingerprint density at radius 1 is 1.20 bits per heavy atom. The van der Waals surface area contributed by atoms with Gasteiger partial charge in [0.2, 0.25) is 10.0 Å². The van der Waals surface area contributed by atoms with Gasteiger partial charge < -0.3 is 14.6 Å². The van der Waals surface area contributed by atoms with Crippen LogP contribution in [-0.2, 0) is 22.9 Å². The van der Waals surface area contributed by atoms with Gasteiger partial charge in [-0.05, 0) is 79.3 Å². The average molecular weight is 500 g/mol. The molecule has 1 aliphatic rings. The Bertz CT molecular complexity index is 1490. The molecule has 0 atom stereocenters. The molecule has 2 aromatic heterocycles. The Hall–Kier alpha value is -2.97. The van der Waals surface area contributed by atoms with Gasteiger partial charge in [-0.15, -0.1) is 0 Å². The van der Waals surface area contributed by atoms with E-state index in [2.05, 4.69) is 15.0 Å². The quantitative estimate of drug-likeness (QED) is 0.523. The third kappa shape index (κ3) is 5.65. The molecular formula is C24H22N5NaO4S. The van der Waals surface area contributed by atoms with Gasteiger partial charge in [-0.3, -0.25) is 9.59 Å². The van der Waals surface area contributed by atoms with Crippen molar-refractivity contribution in [1.29, 1.82) is 5.26 Å². The van der Waals surface area contributed by atoms with E-state index in [-0.39, 0.29) is 51.7 Å². The van der Waals surface area contributed by atoms with Crippen LogP contribution in [0.4, 0.5) is 10.5 Å². The number of hydrogen-bond donors (Lipinski definition) is 1. The summed E-state index contributed by atoms with van der Waals surface area (Å²) in [5.41, 5.74) is 3.65. The second kappa shape index (κ2) is 10.7. The van der Waals surface area contributed by atoms with Crippen LogP contribution < -0.4 is 40.4 Å². The van der Waals surface area contributed by atoms with Crippen LogP contribution in [0.2, 0.25) is 0 Å². The van der Waals surface area contributed by atoms with Crippen molar-refractivity contribution in [3.63, 3.8) is 0 Å². The standard InChI is InChI=1S/C24H23N5O4S.Na/c1-15(2)29-14-19(7-9-22(29)30)34(32,33)28-24(31)27-23-20-5-3-4-16(20)6-8-21(23)17-10-11-26-18(12-17)13-25;/h6-12,14-15H,3-5H2,1-2H3,(H2,26,27,28,31);/q;+1/p-1. The maximum absolute atomic E-state index is 12.8. The van der Waals surface area contributed by atoms with Gasteiger partial charge in [-0.2, -0.15) is 5.26 Å². The molecule has 0 fully saturated rings. The van der Waals surface area contributed by atoms with E-state index < -0.39 is 16.1 Å². The molecule has 1 aromatic carbocycles. The molecule has 4 rings (SSSR count). The number of pyridine rings is 2. The van der Waals surface area contributed by atoms with E-state index in [0.717, 1.165) is 42.5 Å². The number of hydrogen-bond acceptors (Lipinski definition) is 6. The Morgan fingerprint density at radius 3 is 2.69 bits per heavy atom. The van der Waals surface area contributed by atoms with Gasteiger partial charge >= 0.3 is 29.6 Å². The number of sulfonamides is 1. The van der Waals surface area contributed by atoms with Crippen molar-refractivity contribution in [3.05, 3.63) is 80.7 Å². The molecule has 0 spiro atoms. The molecule has 0 radical (unpaired) electrons. The molecule has 3 aromatic rings. The Kier molecular flexibility index (Phi) is 8.18. The van der Waals surface area contributed by atoms with Crippen molar-refractivity contribution in [1.82, 2.24) is 9.55 Å². The Balaban J connectivity index is 0.00000342. The number of anilines is 1. The summed E-state index contributed by atoms with van der Waals surface area (Å²) in [4.78, 5) is 28.5. The number of carbonyl (C=O) groups is 1. The van der Waals surface area contributed by atoms with Gasteiger partial charge in [0, 0.05) is 24.5 Å². The van der Waals surface area contributed by atoms with Crippen LogP contribution in [-0.4, -0.2) is 24.0 Å². The number of benzene rings is 1. The predicted octanol–water partition coefficient (Wildman–Crippen LogP) is 1.15. The molecule has 0 saturated heterocycles. The fourth-order valence-corrected chi connectivity index (χ4v) is 4.90. The summed E-state index contributed by atoms with van der Waals surface area (Å²) >= 11 is 0. The summed E-state index contributed by atoms with van der Waals surface area (Å²) in [5, 5.41) is 11.9. The number of aryl methyl sites for hydroxylation is 1. The van der Waals surface area contributed by atoms with E-state index in [4.69, 9.17) is 0 Å². The van der Waals surface area contributed by atoms with Gasteiger partial charge in [0.15, 0.2) is 6.03 Å². The first-order valence-electron chi connectivity index (χ1n) is 10.7. The first-order chi connectivity index (χ1) is 16.2. The number of aromatic nitrogens is 2. The summed E-state index contributed by atoms with van der Waals surface area (Å²) in [5.74, 6) is 0. The number of fused-ring (bicyclic) bond motifs is 1. The molecule has 0 aliphatic heterocycles. The van der Waals surface area contributed by atoms with Gasteiger partial charge in [0.25, 0.3) is 5.56 Å². The number of amides is 2. The summed E-state index contributed by atoms with van der Waals surface area (Å²) < 4.78 is 30.3. The van der Waals surface area contributed by atoms with Crippen LogP contribution in [0.25, 0.3) is 15.8 Å². The predicted molar refractivity (Wildman–Crippen MR) is 127 cm³/mol. The molecule has 0 bridgehead atoms. The molecule has 1 aliphatic carbocycles. The van der Waals surface area contributed by atoms with Gasteiger partial charge in [0.05, 0.1) is 4.90 Å². The van der Waals surface area contributed by atoms with E-state index in [1.54, 1.807) is 26.0 Å². The fraction of sp³-hybridized carbons (Fsp3) is 0.250. The van der Waals surface area contributed by atoms with Gasteiger partial charge in [-0.25, -0.2) is 13.4 Å². The van der Waals surface area contributed by atoms with Crippen LogP contribution in [0.3, 0.4) is 0 Å². The molecule has 0 unspecified atom stereocenters. The van der Waals surface area contributed by atoms with Crippen LogP contribution in [0.15, 0.2) is 58.5 Å². The minimum absolute atomic E-state index is 0.